The first kappa shape index (κ1) is 14.6. The summed E-state index contributed by atoms with van der Waals surface area (Å²) in [6.45, 7) is 0.664. The van der Waals surface area contributed by atoms with Crippen molar-refractivity contribution in [1.82, 2.24) is 0 Å². The number of rotatable bonds is 1. The molecule has 2 nitrogen and oxygen atoms in total. The zero-order chi connectivity index (χ0) is 11.8. The number of alkyl halides is 2. The Hall–Kier alpha value is -0.511. The topological polar surface area (TPSA) is 29.3 Å². The first-order valence-electron chi connectivity index (χ1n) is 5.16. The van der Waals surface area contributed by atoms with E-state index in [0.717, 1.165) is 5.69 Å². The minimum Gasteiger partial charge on any atom is -0.397 e. The number of hydrogen-bond donors (Lipinski definition) is 1. The van der Waals surface area contributed by atoms with Crippen molar-refractivity contribution in [1.29, 1.82) is 0 Å². The maximum absolute atomic E-state index is 13.0. The van der Waals surface area contributed by atoms with Crippen LogP contribution in [-0.4, -0.2) is 19.0 Å². The van der Waals surface area contributed by atoms with Crippen LogP contribution in [0.1, 0.15) is 12.8 Å². The van der Waals surface area contributed by atoms with E-state index in [-0.39, 0.29) is 29.9 Å². The Morgan fingerprint density at radius 1 is 1.24 bits per heavy atom. The van der Waals surface area contributed by atoms with Crippen molar-refractivity contribution in [2.45, 2.75) is 18.8 Å². The molecule has 0 amide bonds. The van der Waals surface area contributed by atoms with Gasteiger partial charge in [-0.1, -0.05) is 11.6 Å². The molecule has 1 heterocycles. The van der Waals surface area contributed by atoms with E-state index in [4.69, 9.17) is 17.3 Å². The van der Waals surface area contributed by atoms with Gasteiger partial charge in [0.2, 0.25) is 0 Å². The molecule has 2 N–H and O–H groups in total. The summed E-state index contributed by atoms with van der Waals surface area (Å²) in [7, 11) is 0. The van der Waals surface area contributed by atoms with Gasteiger partial charge in [-0.2, -0.15) is 0 Å². The smallest absolute Gasteiger partial charge is 0.251 e. The molecule has 0 atom stereocenters. The molecular formula is C11H13ClF2FeN2. The van der Waals surface area contributed by atoms with E-state index in [1.165, 1.54) is 0 Å². The van der Waals surface area contributed by atoms with E-state index < -0.39 is 5.92 Å². The Morgan fingerprint density at radius 2 is 1.82 bits per heavy atom. The third kappa shape index (κ3) is 3.47. The molecule has 0 spiro atoms. The number of anilines is 2. The molecule has 0 unspecified atom stereocenters. The molecule has 1 fully saturated rings. The average Bonchev–Trinajstić information content (AvgIpc) is 2.19. The van der Waals surface area contributed by atoms with Crippen LogP contribution < -0.4 is 10.6 Å². The van der Waals surface area contributed by atoms with Crippen molar-refractivity contribution >= 4 is 23.0 Å². The summed E-state index contributed by atoms with van der Waals surface area (Å²) in [6, 6.07) is 5.14. The van der Waals surface area contributed by atoms with Crippen LogP contribution in [0, 0.1) is 0 Å². The molecule has 0 aromatic heterocycles. The summed E-state index contributed by atoms with van der Waals surface area (Å²) < 4.78 is 26.0. The molecule has 17 heavy (non-hydrogen) atoms. The second-order valence-corrected chi connectivity index (χ2v) is 4.48. The maximum atomic E-state index is 13.0. The number of nitrogens with two attached hydrogens (primary N) is 1. The Kier molecular flexibility index (Phi) is 4.64. The predicted octanol–water partition coefficient (Wildman–Crippen LogP) is 3.16. The van der Waals surface area contributed by atoms with Gasteiger partial charge in [-0.15, -0.1) is 0 Å². The third-order valence-corrected chi connectivity index (χ3v) is 3.06. The molecular weight excluding hydrogens is 289 g/mol. The number of nitrogen functional groups attached to an aromatic ring is 1. The van der Waals surface area contributed by atoms with Gasteiger partial charge in [-0.3, -0.25) is 0 Å². The van der Waals surface area contributed by atoms with Crippen molar-refractivity contribution in [2.75, 3.05) is 23.7 Å². The summed E-state index contributed by atoms with van der Waals surface area (Å²) in [5.41, 5.74) is 7.14. The van der Waals surface area contributed by atoms with Gasteiger partial charge in [-0.25, -0.2) is 8.78 Å². The van der Waals surface area contributed by atoms with E-state index in [9.17, 15) is 8.78 Å². The SMILES string of the molecule is Nc1cc(Cl)ccc1N1CCC(F)(F)CC1.[Fe]. The molecule has 96 valence electrons. The summed E-state index contributed by atoms with van der Waals surface area (Å²) in [5.74, 6) is -2.53. The monoisotopic (exact) mass is 302 g/mol. The Morgan fingerprint density at radius 3 is 2.35 bits per heavy atom. The summed E-state index contributed by atoms with van der Waals surface area (Å²) in [6.07, 6.45) is -0.232. The van der Waals surface area contributed by atoms with Crippen molar-refractivity contribution < 1.29 is 25.8 Å². The van der Waals surface area contributed by atoms with Crippen LogP contribution in [0.5, 0.6) is 0 Å². The van der Waals surface area contributed by atoms with Gasteiger partial charge in [0, 0.05) is 48.0 Å². The molecule has 1 aromatic rings. The van der Waals surface area contributed by atoms with E-state index in [2.05, 4.69) is 0 Å². The molecule has 1 aliphatic rings. The van der Waals surface area contributed by atoms with Crippen LogP contribution in [0.15, 0.2) is 18.2 Å². The van der Waals surface area contributed by atoms with Crippen LogP contribution in [0.2, 0.25) is 5.02 Å². The summed E-state index contributed by atoms with van der Waals surface area (Å²) in [4.78, 5) is 1.88. The molecule has 0 saturated carbocycles. The molecule has 1 saturated heterocycles. The normalized spacial score (nSPS) is 18.6. The first-order chi connectivity index (χ1) is 7.48. The Bertz CT molecular complexity index is 391. The zero-order valence-corrected chi connectivity index (χ0v) is 10.9. The number of piperidine rings is 1. The van der Waals surface area contributed by atoms with E-state index in [1.54, 1.807) is 18.2 Å². The fourth-order valence-corrected chi connectivity index (χ4v) is 2.07. The summed E-state index contributed by atoms with van der Waals surface area (Å²) >= 11 is 5.78. The molecule has 0 radical (unpaired) electrons. The van der Waals surface area contributed by atoms with Crippen LogP contribution in [0.3, 0.4) is 0 Å². The van der Waals surface area contributed by atoms with E-state index in [1.807, 2.05) is 4.90 Å². The fourth-order valence-electron chi connectivity index (χ4n) is 1.89. The van der Waals surface area contributed by atoms with E-state index >= 15 is 0 Å². The van der Waals surface area contributed by atoms with Gasteiger partial charge in [0.25, 0.3) is 5.92 Å². The zero-order valence-electron chi connectivity index (χ0n) is 9.07. The number of nitrogens with zero attached hydrogens (tertiary/aromatic N) is 1. The second kappa shape index (κ2) is 5.42. The predicted molar refractivity (Wildman–Crippen MR) is 62.3 cm³/mol. The van der Waals surface area contributed by atoms with Crippen molar-refractivity contribution in [2.24, 2.45) is 0 Å². The van der Waals surface area contributed by atoms with Crippen molar-refractivity contribution in [3.05, 3.63) is 23.2 Å². The van der Waals surface area contributed by atoms with Crippen molar-refractivity contribution in [3.8, 4) is 0 Å². The van der Waals surface area contributed by atoms with Gasteiger partial charge in [-0.05, 0) is 18.2 Å². The summed E-state index contributed by atoms with van der Waals surface area (Å²) in [5, 5.41) is 0.559. The number of hydrogen-bond acceptors (Lipinski definition) is 2. The standard InChI is InChI=1S/C11H13ClF2N2.Fe/c12-8-1-2-10(9(15)7-8)16-5-3-11(13,14)4-6-16;/h1-2,7H,3-6,15H2;. The molecule has 6 heteroatoms. The van der Waals surface area contributed by atoms with Crippen molar-refractivity contribution in [3.63, 3.8) is 0 Å². The largest absolute Gasteiger partial charge is 0.397 e. The van der Waals surface area contributed by atoms with Crippen LogP contribution in [0.4, 0.5) is 20.2 Å². The average molecular weight is 303 g/mol. The fraction of sp³-hybridized carbons (Fsp3) is 0.455. The first-order valence-corrected chi connectivity index (χ1v) is 5.53. The molecule has 2 rings (SSSR count). The minimum absolute atomic E-state index is 0. The minimum atomic E-state index is -2.53. The van der Waals surface area contributed by atoms with Gasteiger partial charge in [0.1, 0.15) is 0 Å². The number of benzene rings is 1. The maximum Gasteiger partial charge on any atom is 0.251 e. The van der Waals surface area contributed by atoms with Gasteiger partial charge >= 0.3 is 0 Å². The molecule has 1 aromatic carbocycles. The van der Waals surface area contributed by atoms with Gasteiger partial charge < -0.3 is 10.6 Å². The van der Waals surface area contributed by atoms with Crippen LogP contribution in [-0.2, 0) is 17.1 Å². The Labute approximate surface area is 115 Å². The van der Waals surface area contributed by atoms with E-state index in [0.29, 0.717) is 23.8 Å². The molecule has 0 aliphatic carbocycles. The second-order valence-electron chi connectivity index (χ2n) is 4.05. The Balaban J connectivity index is 0.00000144. The molecule has 0 bridgehead atoms. The third-order valence-electron chi connectivity index (χ3n) is 2.83. The van der Waals surface area contributed by atoms with Gasteiger partial charge in [0.15, 0.2) is 0 Å². The van der Waals surface area contributed by atoms with Gasteiger partial charge in [0.05, 0.1) is 11.4 Å². The number of halogens is 3. The van der Waals surface area contributed by atoms with Crippen LogP contribution >= 0.6 is 11.6 Å². The molecule has 1 aliphatic heterocycles. The van der Waals surface area contributed by atoms with Crippen LogP contribution in [0.25, 0.3) is 0 Å². The quantitative estimate of drug-likeness (QED) is 0.638.